The number of nitrogens with zero attached hydrogens (tertiary/aromatic N) is 1. The van der Waals surface area contributed by atoms with Gasteiger partial charge in [0.2, 0.25) is 0 Å². The Morgan fingerprint density at radius 3 is 2.53 bits per heavy atom. The molecule has 0 spiro atoms. The number of hydrogen-bond donors (Lipinski definition) is 2. The molecular formula is C11H14ClN3O4. The van der Waals surface area contributed by atoms with Gasteiger partial charge >= 0.3 is 0 Å². The van der Waals surface area contributed by atoms with Crippen molar-refractivity contribution >= 4 is 23.3 Å². The molecule has 1 rings (SSSR count). The largest absolute Gasteiger partial charge is 0.493 e. The number of halogens is 1. The molecule has 1 aromatic carbocycles. The topological polar surface area (TPSA) is 109 Å². The van der Waals surface area contributed by atoms with E-state index in [0.29, 0.717) is 22.1 Å². The summed E-state index contributed by atoms with van der Waals surface area (Å²) in [5.41, 5.74) is 11.0. The molecule has 0 aromatic heterocycles. The van der Waals surface area contributed by atoms with Gasteiger partial charge in [0, 0.05) is 5.56 Å². The molecule has 4 N–H and O–H groups in total. The fourth-order valence-corrected chi connectivity index (χ4v) is 1.57. The molecule has 19 heavy (non-hydrogen) atoms. The van der Waals surface area contributed by atoms with Crippen molar-refractivity contribution in [3.05, 3.63) is 22.7 Å². The maximum Gasteiger partial charge on any atom is 0.258 e. The van der Waals surface area contributed by atoms with Crippen molar-refractivity contribution in [2.24, 2.45) is 16.6 Å². The standard InChI is InChI=1S/C11H14ClN3O4/c1-17-8-4-6(3-7(12)10(8)18-2)11(14)15-19-5-9(13)16/h3-4H,5H2,1-2H3,(H2,13,16)(H2,14,15). The Bertz CT molecular complexity index is 505. The van der Waals surface area contributed by atoms with Gasteiger partial charge in [-0.1, -0.05) is 16.8 Å². The minimum absolute atomic E-state index is 0.0316. The van der Waals surface area contributed by atoms with Crippen LogP contribution in [0.2, 0.25) is 5.02 Å². The number of rotatable bonds is 6. The normalized spacial score (nSPS) is 11.0. The number of benzene rings is 1. The van der Waals surface area contributed by atoms with Crippen molar-refractivity contribution < 1.29 is 19.1 Å². The van der Waals surface area contributed by atoms with Gasteiger partial charge in [-0.25, -0.2) is 0 Å². The summed E-state index contributed by atoms with van der Waals surface area (Å²) >= 11 is 6.01. The third-order valence-electron chi connectivity index (χ3n) is 2.10. The number of oxime groups is 1. The highest BCUT2D eigenvalue weighted by molar-refractivity contribution is 6.32. The zero-order valence-corrected chi connectivity index (χ0v) is 11.2. The number of carbonyl (C=O) groups excluding carboxylic acids is 1. The van der Waals surface area contributed by atoms with Crippen LogP contribution in [0.4, 0.5) is 0 Å². The minimum Gasteiger partial charge on any atom is -0.493 e. The first kappa shape index (κ1) is 14.9. The third-order valence-corrected chi connectivity index (χ3v) is 2.38. The van der Waals surface area contributed by atoms with Gasteiger partial charge in [-0.3, -0.25) is 4.79 Å². The van der Waals surface area contributed by atoms with Gasteiger partial charge < -0.3 is 25.8 Å². The molecule has 1 amide bonds. The summed E-state index contributed by atoms with van der Waals surface area (Å²) in [6.07, 6.45) is 0. The Kier molecular flexibility index (Phi) is 5.25. The van der Waals surface area contributed by atoms with Crippen LogP contribution in [0, 0.1) is 0 Å². The fraction of sp³-hybridized carbons (Fsp3) is 0.273. The molecule has 0 unspecified atom stereocenters. The van der Waals surface area contributed by atoms with E-state index in [1.54, 1.807) is 6.07 Å². The van der Waals surface area contributed by atoms with Crippen molar-refractivity contribution in [2.75, 3.05) is 20.8 Å². The van der Waals surface area contributed by atoms with Gasteiger partial charge in [0.25, 0.3) is 5.91 Å². The van der Waals surface area contributed by atoms with Gasteiger partial charge in [0.1, 0.15) is 0 Å². The Labute approximate surface area is 115 Å². The summed E-state index contributed by atoms with van der Waals surface area (Å²) in [6, 6.07) is 3.12. The van der Waals surface area contributed by atoms with E-state index in [0.717, 1.165) is 0 Å². The Hall–Kier alpha value is -2.15. The Balaban J connectivity index is 3.01. The number of ether oxygens (including phenoxy) is 2. The number of hydrogen-bond acceptors (Lipinski definition) is 5. The van der Waals surface area contributed by atoms with Crippen LogP contribution in [0.25, 0.3) is 0 Å². The lowest BCUT2D eigenvalue weighted by atomic mass is 10.2. The van der Waals surface area contributed by atoms with Crippen molar-refractivity contribution in [1.82, 2.24) is 0 Å². The summed E-state index contributed by atoms with van der Waals surface area (Å²) in [5.74, 6) is 0.169. The number of nitrogens with two attached hydrogens (primary N) is 2. The zero-order chi connectivity index (χ0) is 14.4. The molecule has 0 saturated heterocycles. The van der Waals surface area contributed by atoms with Crippen LogP contribution in [0.1, 0.15) is 5.56 Å². The maximum atomic E-state index is 10.5. The molecule has 1 aromatic rings. The average Bonchev–Trinajstić information content (AvgIpc) is 2.37. The highest BCUT2D eigenvalue weighted by atomic mass is 35.5. The van der Waals surface area contributed by atoms with E-state index in [9.17, 15) is 4.79 Å². The molecule has 0 aliphatic carbocycles. The first-order valence-corrected chi connectivity index (χ1v) is 5.53. The molecule has 7 nitrogen and oxygen atoms in total. The smallest absolute Gasteiger partial charge is 0.258 e. The van der Waals surface area contributed by atoms with Crippen LogP contribution in [0.15, 0.2) is 17.3 Å². The minimum atomic E-state index is -0.651. The van der Waals surface area contributed by atoms with E-state index in [4.69, 9.17) is 32.5 Å². The maximum absolute atomic E-state index is 10.5. The highest BCUT2D eigenvalue weighted by Gasteiger charge is 2.13. The van der Waals surface area contributed by atoms with Crippen LogP contribution in [0.5, 0.6) is 11.5 Å². The zero-order valence-electron chi connectivity index (χ0n) is 10.5. The molecule has 0 fully saturated rings. The fourth-order valence-electron chi connectivity index (χ4n) is 1.28. The second-order valence-electron chi connectivity index (χ2n) is 3.41. The molecule has 0 saturated carbocycles. The molecule has 0 radical (unpaired) electrons. The first-order valence-electron chi connectivity index (χ1n) is 5.15. The number of amides is 1. The van der Waals surface area contributed by atoms with Gasteiger partial charge in [0.15, 0.2) is 23.9 Å². The summed E-state index contributed by atoms with van der Waals surface area (Å²) in [6.45, 7) is -0.359. The second kappa shape index (κ2) is 6.69. The van der Waals surface area contributed by atoms with Crippen LogP contribution in [-0.2, 0) is 9.63 Å². The number of methoxy groups -OCH3 is 2. The van der Waals surface area contributed by atoms with Crippen LogP contribution in [0.3, 0.4) is 0 Å². The molecule has 0 heterocycles. The van der Waals surface area contributed by atoms with E-state index in [-0.39, 0.29) is 12.4 Å². The third kappa shape index (κ3) is 3.92. The summed E-state index contributed by atoms with van der Waals surface area (Å²) < 4.78 is 10.2. The average molecular weight is 288 g/mol. The lowest BCUT2D eigenvalue weighted by Gasteiger charge is -2.11. The second-order valence-corrected chi connectivity index (χ2v) is 3.82. The molecule has 0 aliphatic heterocycles. The first-order chi connectivity index (χ1) is 8.99. The van der Waals surface area contributed by atoms with Gasteiger partial charge in [-0.2, -0.15) is 0 Å². The Morgan fingerprint density at radius 2 is 2.00 bits per heavy atom. The highest BCUT2D eigenvalue weighted by Crippen LogP contribution is 2.35. The summed E-state index contributed by atoms with van der Waals surface area (Å²) in [7, 11) is 2.94. The van der Waals surface area contributed by atoms with Gasteiger partial charge in [-0.15, -0.1) is 0 Å². The van der Waals surface area contributed by atoms with Crippen molar-refractivity contribution in [3.8, 4) is 11.5 Å². The number of carbonyl (C=O) groups is 1. The molecule has 8 heteroatoms. The molecule has 0 bridgehead atoms. The van der Waals surface area contributed by atoms with Crippen molar-refractivity contribution in [2.45, 2.75) is 0 Å². The quantitative estimate of drug-likeness (QED) is 0.449. The number of amidine groups is 1. The van der Waals surface area contributed by atoms with Gasteiger partial charge in [0.05, 0.1) is 19.2 Å². The van der Waals surface area contributed by atoms with E-state index >= 15 is 0 Å². The molecule has 0 aliphatic rings. The van der Waals surface area contributed by atoms with E-state index in [1.807, 2.05) is 0 Å². The van der Waals surface area contributed by atoms with Crippen LogP contribution < -0.4 is 20.9 Å². The Morgan fingerprint density at radius 1 is 1.32 bits per heavy atom. The number of primary amides is 1. The predicted octanol–water partition coefficient (Wildman–Crippen LogP) is 0.479. The lowest BCUT2D eigenvalue weighted by Crippen LogP contribution is -2.19. The summed E-state index contributed by atoms with van der Waals surface area (Å²) in [5, 5.41) is 3.86. The van der Waals surface area contributed by atoms with Crippen LogP contribution in [-0.4, -0.2) is 32.6 Å². The van der Waals surface area contributed by atoms with Crippen LogP contribution >= 0.6 is 11.6 Å². The SMILES string of the molecule is COc1cc(/C(N)=N/OCC(N)=O)cc(Cl)c1OC. The monoisotopic (exact) mass is 287 g/mol. The van der Waals surface area contributed by atoms with E-state index in [1.165, 1.54) is 20.3 Å². The van der Waals surface area contributed by atoms with Crippen molar-refractivity contribution in [3.63, 3.8) is 0 Å². The molecular weight excluding hydrogens is 274 g/mol. The van der Waals surface area contributed by atoms with E-state index < -0.39 is 5.91 Å². The van der Waals surface area contributed by atoms with Gasteiger partial charge in [-0.05, 0) is 12.1 Å². The molecule has 0 atom stereocenters. The lowest BCUT2D eigenvalue weighted by molar-refractivity contribution is -0.122. The summed E-state index contributed by atoms with van der Waals surface area (Å²) in [4.78, 5) is 15.1. The van der Waals surface area contributed by atoms with Crippen molar-refractivity contribution in [1.29, 1.82) is 0 Å². The molecule has 104 valence electrons. The predicted molar refractivity (Wildman–Crippen MR) is 70.4 cm³/mol. The van der Waals surface area contributed by atoms with E-state index in [2.05, 4.69) is 9.99 Å².